The molecule has 0 aliphatic heterocycles. The van der Waals surface area contributed by atoms with Gasteiger partial charge in [0.05, 0.1) is 5.69 Å². The summed E-state index contributed by atoms with van der Waals surface area (Å²) in [5.41, 5.74) is 3.36. The Morgan fingerprint density at radius 1 is 0.952 bits per heavy atom. The second-order valence-corrected chi connectivity index (χ2v) is 10.3. The molecule has 11 heteroatoms. The van der Waals surface area contributed by atoms with Crippen LogP contribution in [0.3, 0.4) is 0 Å². The number of hydrogen-bond acceptors (Lipinski definition) is 5. The molecule has 0 spiro atoms. The van der Waals surface area contributed by atoms with Crippen molar-refractivity contribution in [1.82, 2.24) is 10.3 Å². The number of aromatic nitrogens is 1. The van der Waals surface area contributed by atoms with Gasteiger partial charge in [0.2, 0.25) is 0 Å². The van der Waals surface area contributed by atoms with Gasteiger partial charge in [0, 0.05) is 23.2 Å². The quantitative estimate of drug-likeness (QED) is 0.206. The lowest BCUT2D eigenvalue weighted by Crippen LogP contribution is -2.37. The van der Waals surface area contributed by atoms with E-state index in [1.165, 1.54) is 38.1 Å². The van der Waals surface area contributed by atoms with Crippen molar-refractivity contribution in [3.05, 3.63) is 101 Å². The number of halogens is 4. The molecular weight excluding hydrogens is 554 g/mol. The molecule has 3 aromatic carbocycles. The number of carbonyl (C=O) groups is 2. The largest absolute Gasteiger partial charge is 0.573 e. The van der Waals surface area contributed by atoms with Gasteiger partial charge in [0.25, 0.3) is 11.8 Å². The van der Waals surface area contributed by atoms with Crippen LogP contribution in [0.1, 0.15) is 40.9 Å². The third kappa shape index (κ3) is 6.10. The van der Waals surface area contributed by atoms with Crippen LogP contribution in [0.2, 0.25) is 0 Å². The number of rotatable bonds is 7. The van der Waals surface area contributed by atoms with E-state index in [9.17, 15) is 32.3 Å². The summed E-state index contributed by atoms with van der Waals surface area (Å²) in [5.74, 6) is -3.74. The lowest BCUT2D eigenvalue weighted by atomic mass is 9.98. The predicted molar refractivity (Wildman–Crippen MR) is 147 cm³/mol. The van der Waals surface area contributed by atoms with Gasteiger partial charge in [-0.2, -0.15) is 0 Å². The van der Waals surface area contributed by atoms with Crippen molar-refractivity contribution in [2.45, 2.75) is 38.8 Å². The SMILES string of the molecule is CC(C)(O)C(=O)Nc1cc(C(=O)NCc2cccc(OC(F)(F)F)c2F)cc(-c2cccc3c2Cc2ccccc2-3)n1. The number of pyridine rings is 1. The van der Waals surface area contributed by atoms with Crippen LogP contribution in [-0.2, 0) is 17.8 Å². The number of aliphatic hydroxyl groups is 1. The third-order valence-electron chi connectivity index (χ3n) is 6.72. The molecule has 7 nitrogen and oxygen atoms in total. The molecule has 0 radical (unpaired) electrons. The number of ether oxygens (including phenoxy) is 1. The van der Waals surface area contributed by atoms with Crippen LogP contribution in [0.5, 0.6) is 5.75 Å². The van der Waals surface area contributed by atoms with Crippen LogP contribution < -0.4 is 15.4 Å². The lowest BCUT2D eigenvalue weighted by molar-refractivity contribution is -0.275. The van der Waals surface area contributed by atoms with Gasteiger partial charge in [0.1, 0.15) is 11.4 Å². The summed E-state index contributed by atoms with van der Waals surface area (Å²) < 4.78 is 56.2. The van der Waals surface area contributed by atoms with Crippen LogP contribution in [-0.4, -0.2) is 33.9 Å². The van der Waals surface area contributed by atoms with Crippen molar-refractivity contribution < 1.29 is 37.0 Å². The first kappa shape index (κ1) is 28.7. The van der Waals surface area contributed by atoms with Gasteiger partial charge in [0.15, 0.2) is 11.6 Å². The second-order valence-electron chi connectivity index (χ2n) is 10.3. The van der Waals surface area contributed by atoms with E-state index in [-0.39, 0.29) is 16.9 Å². The molecule has 0 saturated heterocycles. The number of nitrogens with one attached hydrogen (secondary N) is 2. The molecule has 42 heavy (non-hydrogen) atoms. The Kier molecular flexibility index (Phi) is 7.46. The predicted octanol–water partition coefficient (Wildman–Crippen LogP) is 6.00. The molecule has 3 N–H and O–H groups in total. The topological polar surface area (TPSA) is 101 Å². The van der Waals surface area contributed by atoms with Gasteiger partial charge in [-0.1, -0.05) is 54.6 Å². The van der Waals surface area contributed by atoms with Gasteiger partial charge in [-0.15, -0.1) is 13.2 Å². The zero-order valence-corrected chi connectivity index (χ0v) is 22.5. The van der Waals surface area contributed by atoms with Crippen molar-refractivity contribution in [3.8, 4) is 28.1 Å². The standard InChI is InChI=1S/C31H25F4N3O4/c1-30(2,41)29(40)38-26-15-19(28(39)36-16-18-8-5-12-25(27(18)32)42-31(33,34)35)14-24(37-26)22-11-6-10-21-20-9-4-3-7-17(20)13-23(21)22/h3-12,14-15,41H,13,16H2,1-2H3,(H,36,39)(H,37,38,40). The normalized spacial score (nSPS) is 12.4. The number of carbonyl (C=O) groups excluding carboxylic acids is 2. The van der Waals surface area contributed by atoms with Crippen LogP contribution in [0.15, 0.2) is 72.8 Å². The third-order valence-corrected chi connectivity index (χ3v) is 6.72. The Morgan fingerprint density at radius 2 is 1.64 bits per heavy atom. The number of benzene rings is 3. The van der Waals surface area contributed by atoms with Gasteiger partial charge < -0.3 is 20.5 Å². The molecule has 1 aromatic heterocycles. The highest BCUT2D eigenvalue weighted by Gasteiger charge is 2.33. The Hall–Kier alpha value is -4.77. The zero-order chi connectivity index (χ0) is 30.2. The number of nitrogens with zero attached hydrogens (tertiary/aromatic N) is 1. The monoisotopic (exact) mass is 579 g/mol. The smallest absolute Gasteiger partial charge is 0.403 e. The summed E-state index contributed by atoms with van der Waals surface area (Å²) in [6.07, 6.45) is -4.46. The molecule has 216 valence electrons. The first-order valence-corrected chi connectivity index (χ1v) is 12.9. The Balaban J connectivity index is 1.48. The van der Waals surface area contributed by atoms with Crippen molar-refractivity contribution in [3.63, 3.8) is 0 Å². The number of alkyl halides is 3. The van der Waals surface area contributed by atoms with E-state index in [0.717, 1.165) is 33.9 Å². The van der Waals surface area contributed by atoms with Crippen LogP contribution in [0.25, 0.3) is 22.4 Å². The first-order valence-electron chi connectivity index (χ1n) is 12.9. The molecule has 5 rings (SSSR count). The maximum atomic E-state index is 14.6. The maximum absolute atomic E-state index is 14.6. The zero-order valence-electron chi connectivity index (χ0n) is 22.5. The number of anilines is 1. The van der Waals surface area contributed by atoms with Gasteiger partial charge in [-0.25, -0.2) is 9.37 Å². The van der Waals surface area contributed by atoms with Gasteiger partial charge in [-0.05, 0) is 60.7 Å². The molecule has 0 unspecified atom stereocenters. The van der Waals surface area contributed by atoms with Crippen molar-refractivity contribution in [2.24, 2.45) is 0 Å². The molecule has 2 amide bonds. The van der Waals surface area contributed by atoms with Crippen molar-refractivity contribution in [2.75, 3.05) is 5.32 Å². The van der Waals surface area contributed by atoms with Crippen molar-refractivity contribution >= 4 is 17.6 Å². The Labute approximate surface area is 238 Å². The van der Waals surface area contributed by atoms with E-state index in [0.29, 0.717) is 12.1 Å². The van der Waals surface area contributed by atoms with E-state index >= 15 is 0 Å². The highest BCUT2D eigenvalue weighted by atomic mass is 19.4. The highest BCUT2D eigenvalue weighted by molar-refractivity contribution is 6.00. The van der Waals surface area contributed by atoms with Crippen LogP contribution in [0, 0.1) is 5.82 Å². The average Bonchev–Trinajstić information content (AvgIpc) is 3.31. The minimum atomic E-state index is -5.08. The average molecular weight is 580 g/mol. The van der Waals surface area contributed by atoms with E-state index in [1.807, 2.05) is 42.5 Å². The molecular formula is C31H25F4N3O4. The van der Waals surface area contributed by atoms with E-state index in [4.69, 9.17) is 0 Å². The molecule has 1 aliphatic carbocycles. The summed E-state index contributed by atoms with van der Waals surface area (Å²) in [6, 6.07) is 19.7. The molecule has 0 bridgehead atoms. The summed E-state index contributed by atoms with van der Waals surface area (Å²) >= 11 is 0. The van der Waals surface area contributed by atoms with E-state index in [1.54, 1.807) is 0 Å². The number of fused-ring (bicyclic) bond motifs is 3. The van der Waals surface area contributed by atoms with Gasteiger partial charge in [-0.3, -0.25) is 9.59 Å². The molecule has 0 atom stereocenters. The second kappa shape index (κ2) is 10.9. The van der Waals surface area contributed by atoms with Crippen molar-refractivity contribution in [1.29, 1.82) is 0 Å². The fourth-order valence-electron chi connectivity index (χ4n) is 4.70. The summed E-state index contributed by atoms with van der Waals surface area (Å²) in [6.45, 7) is 2.15. The van der Waals surface area contributed by atoms with E-state index in [2.05, 4.69) is 20.4 Å². The fraction of sp³-hybridized carbons (Fsp3) is 0.194. The van der Waals surface area contributed by atoms with Crippen LogP contribution >= 0.6 is 0 Å². The highest BCUT2D eigenvalue weighted by Crippen LogP contribution is 2.41. The summed E-state index contributed by atoms with van der Waals surface area (Å²) in [5, 5.41) is 15.2. The Bertz CT molecular complexity index is 1700. The molecule has 4 aromatic rings. The number of hydrogen-bond donors (Lipinski definition) is 3. The van der Waals surface area contributed by atoms with Gasteiger partial charge >= 0.3 is 6.36 Å². The minimum absolute atomic E-state index is 0.00959. The molecule has 0 saturated carbocycles. The Morgan fingerprint density at radius 3 is 2.38 bits per heavy atom. The lowest BCUT2D eigenvalue weighted by Gasteiger charge is -2.18. The fourth-order valence-corrected chi connectivity index (χ4v) is 4.70. The minimum Gasteiger partial charge on any atom is -0.403 e. The first-order chi connectivity index (χ1) is 19.8. The molecule has 1 aliphatic rings. The molecule has 0 fully saturated rings. The van der Waals surface area contributed by atoms with E-state index < -0.39 is 41.9 Å². The maximum Gasteiger partial charge on any atom is 0.573 e. The van der Waals surface area contributed by atoms with Crippen LogP contribution in [0.4, 0.5) is 23.4 Å². The summed E-state index contributed by atoms with van der Waals surface area (Å²) in [7, 11) is 0. The summed E-state index contributed by atoms with van der Waals surface area (Å²) in [4.78, 5) is 30.3. The molecule has 1 heterocycles. The number of amides is 2.